The van der Waals surface area contributed by atoms with E-state index in [0.29, 0.717) is 24.0 Å². The molecule has 0 aliphatic carbocycles. The average molecular weight is 561 g/mol. The number of hydrogen-bond acceptors (Lipinski definition) is 7. The largest absolute Gasteiger partial charge is 0.492 e. The molecule has 10 nitrogen and oxygen atoms in total. The van der Waals surface area contributed by atoms with E-state index in [4.69, 9.17) is 19.3 Å². The van der Waals surface area contributed by atoms with E-state index in [1.165, 1.54) is 0 Å². The molecule has 4 aromatic rings. The number of amides is 2. The first-order chi connectivity index (χ1) is 19.3. The van der Waals surface area contributed by atoms with Gasteiger partial charge < -0.3 is 19.5 Å². The van der Waals surface area contributed by atoms with E-state index in [-0.39, 0.29) is 6.03 Å². The molecule has 2 amide bonds. The van der Waals surface area contributed by atoms with Crippen molar-refractivity contribution in [2.24, 2.45) is 0 Å². The van der Waals surface area contributed by atoms with E-state index in [2.05, 4.69) is 40.2 Å². The van der Waals surface area contributed by atoms with Gasteiger partial charge in [-0.05, 0) is 24.3 Å². The van der Waals surface area contributed by atoms with E-state index >= 15 is 0 Å². The maximum absolute atomic E-state index is 13.3. The second-order valence-corrected chi connectivity index (χ2v) is 15.7. The Kier molecular flexibility index (Phi) is 8.34. The Bertz CT molecular complexity index is 1460. The van der Waals surface area contributed by atoms with Crippen molar-refractivity contribution in [1.82, 2.24) is 19.7 Å². The molecule has 0 unspecified atom stereocenters. The van der Waals surface area contributed by atoms with Crippen molar-refractivity contribution in [2.45, 2.75) is 19.6 Å². The fourth-order valence-corrected chi connectivity index (χ4v) is 5.51. The second kappa shape index (κ2) is 12.1. The zero-order valence-corrected chi connectivity index (χ0v) is 24.4. The Morgan fingerprint density at radius 3 is 2.50 bits per heavy atom. The van der Waals surface area contributed by atoms with Gasteiger partial charge in [0.2, 0.25) is 5.88 Å². The lowest BCUT2D eigenvalue weighted by atomic mass is 10.1. The Hall–Kier alpha value is -3.93. The molecular formula is C29H36N6O4Si. The number of pyridine rings is 1. The summed E-state index contributed by atoms with van der Waals surface area (Å²) < 4.78 is 18.5. The summed E-state index contributed by atoms with van der Waals surface area (Å²) in [4.78, 5) is 19.9. The molecule has 0 spiro atoms. The molecule has 0 atom stereocenters. The number of aromatic nitrogens is 3. The standard InChI is InChI=1S/C29H36N6O4Si/c1-37-27-12-9-21(20-30-27)35-26(19-28(33-35)40(2,3)4)32-29(36)31-24-10-11-25(23-8-6-5-7-22(23)24)39-18-15-34-13-16-38-17-14-34/h5-12,19-20H,13-18H2,1-4H3,(H2,31,32,36). The number of anilines is 2. The van der Waals surface area contributed by atoms with Gasteiger partial charge in [-0.25, -0.2) is 14.5 Å². The minimum absolute atomic E-state index is 0.365. The molecule has 2 aromatic carbocycles. The van der Waals surface area contributed by atoms with Gasteiger partial charge in [0, 0.05) is 41.8 Å². The molecule has 3 heterocycles. The molecule has 1 saturated heterocycles. The number of benzene rings is 2. The fraction of sp³-hybridized carbons (Fsp3) is 0.345. The highest BCUT2D eigenvalue weighted by Crippen LogP contribution is 2.32. The number of ether oxygens (including phenoxy) is 3. The number of carbonyl (C=O) groups excluding carboxylic acids is 1. The third-order valence-corrected chi connectivity index (χ3v) is 8.58. The summed E-state index contributed by atoms with van der Waals surface area (Å²) in [6.07, 6.45) is 1.67. The van der Waals surface area contributed by atoms with Gasteiger partial charge in [0.25, 0.3) is 0 Å². The van der Waals surface area contributed by atoms with Crippen LogP contribution in [0.25, 0.3) is 16.5 Å². The van der Waals surface area contributed by atoms with Crippen molar-refractivity contribution in [2.75, 3.05) is 57.2 Å². The molecular weight excluding hydrogens is 524 g/mol. The number of urea groups is 1. The van der Waals surface area contributed by atoms with Crippen molar-refractivity contribution in [3.63, 3.8) is 0 Å². The third kappa shape index (κ3) is 6.44. The normalized spacial score (nSPS) is 14.2. The van der Waals surface area contributed by atoms with E-state index in [9.17, 15) is 4.79 Å². The number of fused-ring (bicyclic) bond motifs is 1. The van der Waals surface area contributed by atoms with Gasteiger partial charge in [-0.3, -0.25) is 10.2 Å². The Labute approximate surface area is 235 Å². The van der Waals surface area contributed by atoms with Crippen molar-refractivity contribution in [3.05, 3.63) is 60.8 Å². The zero-order chi connectivity index (χ0) is 28.1. The fourth-order valence-electron chi connectivity index (χ4n) is 4.54. The lowest BCUT2D eigenvalue weighted by Crippen LogP contribution is -2.39. The van der Waals surface area contributed by atoms with E-state index in [1.54, 1.807) is 24.1 Å². The predicted molar refractivity (Wildman–Crippen MR) is 160 cm³/mol. The summed E-state index contributed by atoms with van der Waals surface area (Å²) in [6.45, 7) is 11.5. The van der Waals surface area contributed by atoms with Crippen LogP contribution >= 0.6 is 0 Å². The Morgan fingerprint density at radius 1 is 1.02 bits per heavy atom. The minimum Gasteiger partial charge on any atom is -0.492 e. The van der Waals surface area contributed by atoms with Crippen LogP contribution in [-0.4, -0.2) is 80.3 Å². The predicted octanol–water partition coefficient (Wildman–Crippen LogP) is 4.33. The van der Waals surface area contributed by atoms with Crippen molar-refractivity contribution in [3.8, 4) is 17.3 Å². The van der Waals surface area contributed by atoms with Crippen molar-refractivity contribution < 1.29 is 19.0 Å². The van der Waals surface area contributed by atoms with Crippen LogP contribution in [0.2, 0.25) is 19.6 Å². The summed E-state index contributed by atoms with van der Waals surface area (Å²) in [5.74, 6) is 1.86. The van der Waals surface area contributed by atoms with Gasteiger partial charge in [0.05, 0.1) is 37.9 Å². The average Bonchev–Trinajstić information content (AvgIpc) is 3.39. The summed E-state index contributed by atoms with van der Waals surface area (Å²) in [7, 11) is -0.183. The number of rotatable bonds is 9. The topological polar surface area (TPSA) is 103 Å². The highest BCUT2D eigenvalue weighted by atomic mass is 28.3. The molecule has 2 N–H and O–H groups in total. The van der Waals surface area contributed by atoms with Crippen LogP contribution < -0.4 is 25.4 Å². The minimum atomic E-state index is -1.76. The number of methoxy groups -OCH3 is 1. The van der Waals surface area contributed by atoms with Crippen molar-refractivity contribution >= 4 is 41.7 Å². The molecule has 1 fully saturated rings. The van der Waals surface area contributed by atoms with Gasteiger partial charge in [-0.15, -0.1) is 0 Å². The molecule has 1 aliphatic rings. The quantitative estimate of drug-likeness (QED) is 0.294. The maximum atomic E-state index is 13.3. The first-order valence-electron chi connectivity index (χ1n) is 13.5. The lowest BCUT2D eigenvalue weighted by Gasteiger charge is -2.26. The summed E-state index contributed by atoms with van der Waals surface area (Å²) >= 11 is 0. The molecule has 5 rings (SSSR count). The zero-order valence-electron chi connectivity index (χ0n) is 23.4. The van der Waals surface area contributed by atoms with Gasteiger partial charge in [-0.2, -0.15) is 5.10 Å². The molecule has 210 valence electrons. The molecule has 2 aromatic heterocycles. The highest BCUT2D eigenvalue weighted by Gasteiger charge is 2.24. The number of nitrogens with one attached hydrogen (secondary N) is 2. The Morgan fingerprint density at radius 2 is 1.80 bits per heavy atom. The van der Waals surface area contributed by atoms with E-state index < -0.39 is 8.07 Å². The maximum Gasteiger partial charge on any atom is 0.324 e. The molecule has 40 heavy (non-hydrogen) atoms. The van der Waals surface area contributed by atoms with Gasteiger partial charge >= 0.3 is 6.03 Å². The number of nitrogens with zero attached hydrogens (tertiary/aromatic N) is 4. The molecule has 11 heteroatoms. The van der Waals surface area contributed by atoms with Crippen LogP contribution in [0.15, 0.2) is 60.8 Å². The molecule has 1 aliphatic heterocycles. The summed E-state index contributed by atoms with van der Waals surface area (Å²) in [5.41, 5.74) is 1.42. The second-order valence-electron chi connectivity index (χ2n) is 10.7. The van der Waals surface area contributed by atoms with E-state index in [0.717, 1.165) is 60.4 Å². The number of hydrogen-bond donors (Lipinski definition) is 2. The van der Waals surface area contributed by atoms with Gasteiger partial charge in [0.15, 0.2) is 0 Å². The smallest absolute Gasteiger partial charge is 0.324 e. The molecule has 0 saturated carbocycles. The van der Waals surface area contributed by atoms with Crippen LogP contribution in [0.3, 0.4) is 0 Å². The monoisotopic (exact) mass is 560 g/mol. The SMILES string of the molecule is COc1ccc(-n2nc([Si](C)(C)C)cc2NC(=O)Nc2ccc(OCCN3CCOCC3)c3ccccc23)cn1. The first-order valence-corrected chi connectivity index (χ1v) is 17.0. The first kappa shape index (κ1) is 27.6. The third-order valence-electron chi connectivity index (χ3n) is 6.79. The molecule has 0 bridgehead atoms. The number of carbonyl (C=O) groups is 1. The lowest BCUT2D eigenvalue weighted by molar-refractivity contribution is 0.0323. The van der Waals surface area contributed by atoms with Crippen LogP contribution in [0.5, 0.6) is 11.6 Å². The van der Waals surface area contributed by atoms with Crippen LogP contribution in [0.1, 0.15) is 0 Å². The van der Waals surface area contributed by atoms with Crippen LogP contribution in [0, 0.1) is 0 Å². The summed E-state index contributed by atoms with van der Waals surface area (Å²) in [6, 6.07) is 16.9. The van der Waals surface area contributed by atoms with Gasteiger partial charge in [-0.1, -0.05) is 43.9 Å². The van der Waals surface area contributed by atoms with Crippen LogP contribution in [0.4, 0.5) is 16.3 Å². The molecule has 0 radical (unpaired) electrons. The Balaban J connectivity index is 1.33. The van der Waals surface area contributed by atoms with Crippen molar-refractivity contribution in [1.29, 1.82) is 0 Å². The summed E-state index contributed by atoms with van der Waals surface area (Å²) in [5, 5.41) is 13.7. The van der Waals surface area contributed by atoms with Gasteiger partial charge in [0.1, 0.15) is 26.2 Å². The number of morpholine rings is 1. The van der Waals surface area contributed by atoms with E-state index in [1.807, 2.05) is 48.5 Å². The van der Waals surface area contributed by atoms with Crippen LogP contribution in [-0.2, 0) is 4.74 Å². The highest BCUT2D eigenvalue weighted by molar-refractivity contribution is 6.88.